The number of aromatic nitrogens is 1. The monoisotopic (exact) mass is 534 g/mol. The first kappa shape index (κ1) is 29.1. The maximum Gasteiger partial charge on any atom is 0.420 e. The van der Waals surface area contributed by atoms with Crippen molar-refractivity contribution in [3.8, 4) is 0 Å². The molecule has 0 aliphatic heterocycles. The van der Waals surface area contributed by atoms with E-state index in [9.17, 15) is 18.0 Å². The van der Waals surface area contributed by atoms with Crippen LogP contribution >= 0.6 is 11.8 Å². The van der Waals surface area contributed by atoms with E-state index in [-0.39, 0.29) is 22.2 Å². The Morgan fingerprint density at radius 3 is 2.14 bits per heavy atom. The van der Waals surface area contributed by atoms with Crippen LogP contribution in [0.25, 0.3) is 11.1 Å². The molecule has 0 radical (unpaired) electrons. The number of carbonyl (C=O) groups excluding carboxylic acids is 1. The van der Waals surface area contributed by atoms with E-state index in [2.05, 4.69) is 56.2 Å². The van der Waals surface area contributed by atoms with Crippen molar-refractivity contribution in [2.45, 2.75) is 95.9 Å². The molecule has 3 rings (SSSR count). The summed E-state index contributed by atoms with van der Waals surface area (Å²) in [6.07, 6.45) is 1.96. The molecule has 0 bridgehead atoms. The predicted octanol–water partition coefficient (Wildman–Crippen LogP) is 9.55. The Morgan fingerprint density at radius 1 is 0.919 bits per heavy atom. The van der Waals surface area contributed by atoms with Crippen LogP contribution in [0.2, 0.25) is 0 Å². The Kier molecular flexibility index (Phi) is 10.5. The molecule has 0 aliphatic rings. The second kappa shape index (κ2) is 13.4. The number of alkyl halides is 3. The average molecular weight is 535 g/mol. The first-order valence-corrected chi connectivity index (χ1v) is 14.1. The topological polar surface area (TPSA) is 55.1 Å². The van der Waals surface area contributed by atoms with E-state index in [1.165, 1.54) is 35.0 Å². The van der Waals surface area contributed by atoms with Crippen LogP contribution in [-0.4, -0.2) is 16.6 Å². The van der Waals surface area contributed by atoms with Crippen molar-refractivity contribution in [1.29, 1.82) is 0 Å². The lowest BCUT2D eigenvalue weighted by atomic mass is 9.92. The van der Waals surface area contributed by atoms with Crippen LogP contribution in [0.4, 0.5) is 18.9 Å². The van der Waals surface area contributed by atoms with Crippen molar-refractivity contribution in [3.63, 3.8) is 0 Å². The lowest BCUT2D eigenvalue weighted by molar-refractivity contribution is -0.136. The standard InChI is InChI=1S/C29H37F3N2O2S/c1-19(2)21-13-11-14-22(20(3)4)26(21)34-25(35)17-9-7-5-6-8-10-18-37-28-33-24-16-12-15-23(27(24)36-28)29(30,31)32/h11-16,19-20H,5-10,17-18H2,1-4H3,(H,34,35). The van der Waals surface area contributed by atoms with Crippen molar-refractivity contribution in [1.82, 2.24) is 4.98 Å². The van der Waals surface area contributed by atoms with Crippen LogP contribution in [0.5, 0.6) is 0 Å². The minimum atomic E-state index is -4.46. The third-order valence-electron chi connectivity index (χ3n) is 6.36. The maximum absolute atomic E-state index is 13.1. The average Bonchev–Trinajstić information content (AvgIpc) is 3.25. The fourth-order valence-corrected chi connectivity index (χ4v) is 5.19. The van der Waals surface area contributed by atoms with E-state index in [1.807, 2.05) is 0 Å². The number of benzene rings is 2. The molecule has 0 aliphatic carbocycles. The lowest BCUT2D eigenvalue weighted by Crippen LogP contribution is -2.15. The number of rotatable bonds is 13. The first-order valence-electron chi connectivity index (χ1n) is 13.1. The molecule has 1 heterocycles. The van der Waals surface area contributed by atoms with Crippen LogP contribution in [0.15, 0.2) is 46.0 Å². The van der Waals surface area contributed by atoms with Gasteiger partial charge in [0, 0.05) is 17.9 Å². The number of nitrogens with one attached hydrogen (secondary N) is 1. The lowest BCUT2D eigenvalue weighted by Gasteiger charge is -2.20. The number of nitrogens with zero attached hydrogens (tertiary/aromatic N) is 1. The van der Waals surface area contributed by atoms with Crippen molar-refractivity contribution < 1.29 is 22.4 Å². The van der Waals surface area contributed by atoms with Gasteiger partial charge in [0.05, 0.1) is 0 Å². The van der Waals surface area contributed by atoms with Crippen molar-refractivity contribution in [2.75, 3.05) is 11.1 Å². The zero-order valence-corrected chi connectivity index (χ0v) is 22.9. The SMILES string of the molecule is CC(C)c1cccc(C(C)C)c1NC(=O)CCCCCCCCSc1nc2cccc(C(F)(F)F)c2o1. The van der Waals surface area contributed by atoms with Gasteiger partial charge in [0.25, 0.3) is 5.22 Å². The van der Waals surface area contributed by atoms with Gasteiger partial charge < -0.3 is 9.73 Å². The van der Waals surface area contributed by atoms with Crippen LogP contribution in [-0.2, 0) is 11.0 Å². The van der Waals surface area contributed by atoms with Gasteiger partial charge in [0.1, 0.15) is 11.1 Å². The summed E-state index contributed by atoms with van der Waals surface area (Å²) in [6, 6.07) is 10.1. The van der Waals surface area contributed by atoms with Crippen LogP contribution in [0.3, 0.4) is 0 Å². The Balaban J connectivity index is 1.33. The number of unbranched alkanes of at least 4 members (excludes halogenated alkanes) is 5. The minimum absolute atomic E-state index is 0.0680. The van der Waals surface area contributed by atoms with Gasteiger partial charge in [0.15, 0.2) is 5.58 Å². The largest absolute Gasteiger partial charge is 0.431 e. The highest BCUT2D eigenvalue weighted by molar-refractivity contribution is 7.99. The zero-order chi connectivity index (χ0) is 27.0. The first-order chi connectivity index (χ1) is 17.6. The molecule has 1 N–H and O–H groups in total. The van der Waals surface area contributed by atoms with E-state index < -0.39 is 11.7 Å². The molecule has 0 atom stereocenters. The van der Waals surface area contributed by atoms with Gasteiger partial charge in [-0.2, -0.15) is 13.2 Å². The summed E-state index contributed by atoms with van der Waals surface area (Å²) in [4.78, 5) is 16.8. The van der Waals surface area contributed by atoms with E-state index in [1.54, 1.807) is 0 Å². The van der Waals surface area contributed by atoms with Gasteiger partial charge in [-0.05, 0) is 47.9 Å². The van der Waals surface area contributed by atoms with Gasteiger partial charge in [-0.1, -0.05) is 89.4 Å². The molecule has 0 fully saturated rings. The smallest absolute Gasteiger partial charge is 0.420 e. The molecule has 1 amide bonds. The summed E-state index contributed by atoms with van der Waals surface area (Å²) in [7, 11) is 0. The Morgan fingerprint density at radius 2 is 1.51 bits per heavy atom. The van der Waals surface area contributed by atoms with Gasteiger partial charge in [-0.25, -0.2) is 4.98 Å². The quantitative estimate of drug-likeness (QED) is 0.175. The number of thioether (sulfide) groups is 1. The van der Waals surface area contributed by atoms with Crippen molar-refractivity contribution >= 4 is 34.5 Å². The molecule has 202 valence electrons. The number of carbonyl (C=O) groups is 1. The van der Waals surface area contributed by atoms with E-state index in [0.717, 1.165) is 56.0 Å². The van der Waals surface area contributed by atoms with Crippen molar-refractivity contribution in [2.24, 2.45) is 0 Å². The molecule has 0 spiro atoms. The number of oxazole rings is 1. The molecule has 0 unspecified atom stereocenters. The maximum atomic E-state index is 13.1. The van der Waals surface area contributed by atoms with Gasteiger partial charge in [-0.3, -0.25) is 4.79 Å². The van der Waals surface area contributed by atoms with Crippen LogP contribution < -0.4 is 5.32 Å². The van der Waals surface area contributed by atoms with E-state index in [4.69, 9.17) is 4.42 Å². The van der Waals surface area contributed by atoms with Gasteiger partial charge in [-0.15, -0.1) is 0 Å². The zero-order valence-electron chi connectivity index (χ0n) is 22.1. The molecule has 0 saturated carbocycles. The molecule has 0 saturated heterocycles. The Hall–Kier alpha value is -2.48. The van der Waals surface area contributed by atoms with Gasteiger partial charge in [0.2, 0.25) is 5.91 Å². The van der Waals surface area contributed by atoms with Crippen LogP contribution in [0.1, 0.15) is 101 Å². The second-order valence-corrected chi connectivity index (χ2v) is 11.1. The summed E-state index contributed by atoms with van der Waals surface area (Å²) >= 11 is 1.35. The summed E-state index contributed by atoms with van der Waals surface area (Å²) in [5, 5.41) is 3.45. The van der Waals surface area contributed by atoms with Crippen LogP contribution in [0, 0.1) is 0 Å². The molecule has 8 heteroatoms. The summed E-state index contributed by atoms with van der Waals surface area (Å²) < 4.78 is 44.8. The molecule has 2 aromatic carbocycles. The summed E-state index contributed by atoms with van der Waals surface area (Å²) in [5.74, 6) is 1.49. The van der Waals surface area contributed by atoms with Gasteiger partial charge >= 0.3 is 6.18 Å². The highest BCUT2D eigenvalue weighted by Gasteiger charge is 2.34. The molecular weight excluding hydrogens is 497 g/mol. The number of halogens is 3. The molecule has 37 heavy (non-hydrogen) atoms. The third-order valence-corrected chi connectivity index (χ3v) is 7.28. The van der Waals surface area contributed by atoms with E-state index in [0.29, 0.717) is 18.3 Å². The molecule has 3 aromatic rings. The number of hydrogen-bond acceptors (Lipinski definition) is 4. The minimum Gasteiger partial charge on any atom is -0.431 e. The Labute approximate surface area is 221 Å². The normalized spacial score (nSPS) is 12.1. The number of hydrogen-bond donors (Lipinski definition) is 1. The predicted molar refractivity (Wildman–Crippen MR) is 145 cm³/mol. The Bertz CT molecular complexity index is 1150. The van der Waals surface area contributed by atoms with E-state index >= 15 is 0 Å². The number of para-hydroxylation sites is 2. The highest BCUT2D eigenvalue weighted by Crippen LogP contribution is 2.36. The number of fused-ring (bicyclic) bond motifs is 1. The molecule has 1 aromatic heterocycles. The second-order valence-electron chi connectivity index (χ2n) is 10.0. The summed E-state index contributed by atoms with van der Waals surface area (Å²) in [6.45, 7) is 8.57. The molecular formula is C29H37F3N2O2S. The molecule has 4 nitrogen and oxygen atoms in total. The van der Waals surface area contributed by atoms with Crippen molar-refractivity contribution in [3.05, 3.63) is 53.1 Å². The number of amides is 1. The number of anilines is 1. The third kappa shape index (κ3) is 8.25. The highest BCUT2D eigenvalue weighted by atomic mass is 32.2. The summed E-state index contributed by atoms with van der Waals surface area (Å²) in [5.41, 5.74) is 2.57. The fraction of sp³-hybridized carbons (Fsp3) is 0.517. The fourth-order valence-electron chi connectivity index (χ4n) is 4.37.